The molecule has 3 aliphatic rings. The molecule has 2 aromatic rings. The fraction of sp³-hybridized carbons (Fsp3) is 0.478. The van der Waals surface area contributed by atoms with Gasteiger partial charge in [0.15, 0.2) is 0 Å². The van der Waals surface area contributed by atoms with Crippen LogP contribution in [0.3, 0.4) is 0 Å². The molecule has 148 valence electrons. The van der Waals surface area contributed by atoms with Crippen LogP contribution in [0.25, 0.3) is 10.9 Å². The lowest BCUT2D eigenvalue weighted by atomic mass is 9.94. The third kappa shape index (κ3) is 3.23. The maximum absolute atomic E-state index is 13.3. The number of piperidine rings is 1. The molecular formula is C23H29N3O2. The Labute approximate surface area is 166 Å². The number of hydrogen-bond acceptors (Lipinski definition) is 2. The number of benzene rings is 1. The van der Waals surface area contributed by atoms with Crippen molar-refractivity contribution in [2.75, 3.05) is 19.6 Å². The van der Waals surface area contributed by atoms with Crippen molar-refractivity contribution in [1.29, 1.82) is 0 Å². The number of fused-ring (bicyclic) bond motifs is 5. The summed E-state index contributed by atoms with van der Waals surface area (Å²) in [5.41, 5.74) is 5.30. The first-order valence-corrected chi connectivity index (χ1v) is 10.2. The Hall–Kier alpha value is -2.56. The molecule has 2 bridgehead atoms. The summed E-state index contributed by atoms with van der Waals surface area (Å²) in [6, 6.07) is 5.99. The number of nitrogens with one attached hydrogen (secondary N) is 1. The van der Waals surface area contributed by atoms with E-state index in [1.165, 1.54) is 11.1 Å². The highest BCUT2D eigenvalue weighted by atomic mass is 16.2. The van der Waals surface area contributed by atoms with Crippen molar-refractivity contribution in [1.82, 2.24) is 14.8 Å². The molecule has 4 heterocycles. The molecule has 1 aromatic heterocycles. The van der Waals surface area contributed by atoms with Crippen LogP contribution in [0.15, 0.2) is 29.8 Å². The number of allylic oxidation sites excluding steroid dienone is 1. The molecule has 28 heavy (non-hydrogen) atoms. The number of aromatic amines is 1. The van der Waals surface area contributed by atoms with Gasteiger partial charge in [-0.1, -0.05) is 11.6 Å². The van der Waals surface area contributed by atoms with Gasteiger partial charge in [0.1, 0.15) is 0 Å². The molecule has 0 spiro atoms. The number of aromatic nitrogens is 1. The average molecular weight is 380 g/mol. The lowest BCUT2D eigenvalue weighted by Gasteiger charge is -2.35. The van der Waals surface area contributed by atoms with E-state index < -0.39 is 0 Å². The second-order valence-electron chi connectivity index (χ2n) is 8.55. The summed E-state index contributed by atoms with van der Waals surface area (Å²) in [4.78, 5) is 33.4. The molecule has 5 heteroatoms. The van der Waals surface area contributed by atoms with Crippen molar-refractivity contribution in [3.05, 3.63) is 46.7 Å². The quantitative estimate of drug-likeness (QED) is 0.825. The van der Waals surface area contributed by atoms with Crippen LogP contribution >= 0.6 is 0 Å². The maximum atomic E-state index is 13.3. The SMILES string of the molecule is CC(C)=CCN1C(=O)[C@@H]2CC[C@H]1CN(C(=O)c1ccc3[nH]c(C)c(C)c3c1)C2. The van der Waals surface area contributed by atoms with Gasteiger partial charge in [0.2, 0.25) is 5.91 Å². The first-order valence-electron chi connectivity index (χ1n) is 10.2. The Bertz CT molecular complexity index is 968. The summed E-state index contributed by atoms with van der Waals surface area (Å²) < 4.78 is 0. The molecule has 3 saturated heterocycles. The van der Waals surface area contributed by atoms with E-state index in [9.17, 15) is 9.59 Å². The highest BCUT2D eigenvalue weighted by Crippen LogP contribution is 2.30. The standard InChI is InChI=1S/C23H29N3O2/c1-14(2)9-10-26-19-7-5-18(23(26)28)12-25(13-19)22(27)17-6-8-21-20(11-17)15(3)16(4)24-21/h6,8-9,11,18-19,24H,5,7,10,12-13H2,1-4H3/t18-,19+/m1/s1. The summed E-state index contributed by atoms with van der Waals surface area (Å²) in [7, 11) is 0. The molecule has 0 radical (unpaired) electrons. The van der Waals surface area contributed by atoms with Gasteiger partial charge in [-0.3, -0.25) is 9.59 Å². The second kappa shape index (κ2) is 7.12. The largest absolute Gasteiger partial charge is 0.358 e. The van der Waals surface area contributed by atoms with E-state index in [4.69, 9.17) is 0 Å². The van der Waals surface area contributed by atoms with Crippen LogP contribution in [-0.2, 0) is 4.79 Å². The molecule has 5 rings (SSSR count). The monoisotopic (exact) mass is 379 g/mol. The van der Waals surface area contributed by atoms with Gasteiger partial charge in [0.25, 0.3) is 5.91 Å². The number of H-pyrrole nitrogens is 1. The molecule has 3 fully saturated rings. The fourth-order valence-electron chi connectivity index (χ4n) is 4.50. The topological polar surface area (TPSA) is 56.4 Å². The minimum atomic E-state index is -0.0757. The lowest BCUT2D eigenvalue weighted by molar-refractivity contribution is -0.139. The number of aryl methyl sites for hydroxylation is 2. The lowest BCUT2D eigenvalue weighted by Crippen LogP contribution is -2.48. The van der Waals surface area contributed by atoms with Crippen LogP contribution in [0.2, 0.25) is 0 Å². The van der Waals surface area contributed by atoms with Gasteiger partial charge < -0.3 is 14.8 Å². The minimum absolute atomic E-state index is 0.0360. The van der Waals surface area contributed by atoms with Crippen LogP contribution in [0.4, 0.5) is 0 Å². The number of nitrogens with zero attached hydrogens (tertiary/aromatic N) is 2. The Balaban J connectivity index is 1.60. The molecule has 2 amide bonds. The van der Waals surface area contributed by atoms with Crippen LogP contribution in [0.5, 0.6) is 0 Å². The third-order valence-corrected chi connectivity index (χ3v) is 6.33. The number of amides is 2. The van der Waals surface area contributed by atoms with Gasteiger partial charge in [0, 0.05) is 47.8 Å². The van der Waals surface area contributed by atoms with Crippen molar-refractivity contribution in [2.45, 2.75) is 46.6 Å². The summed E-state index contributed by atoms with van der Waals surface area (Å²) in [6.45, 7) is 10.0. The summed E-state index contributed by atoms with van der Waals surface area (Å²) in [5, 5.41) is 1.10. The summed E-state index contributed by atoms with van der Waals surface area (Å²) >= 11 is 0. The first kappa shape index (κ1) is 18.8. The Morgan fingerprint density at radius 1 is 1.21 bits per heavy atom. The Morgan fingerprint density at radius 2 is 2.00 bits per heavy atom. The molecular weight excluding hydrogens is 350 g/mol. The smallest absolute Gasteiger partial charge is 0.253 e. The average Bonchev–Trinajstić information content (AvgIpc) is 2.82. The van der Waals surface area contributed by atoms with E-state index in [0.717, 1.165) is 29.4 Å². The molecule has 0 unspecified atom stereocenters. The molecule has 1 aromatic carbocycles. The highest BCUT2D eigenvalue weighted by molar-refractivity contribution is 5.99. The van der Waals surface area contributed by atoms with E-state index in [1.54, 1.807) is 0 Å². The van der Waals surface area contributed by atoms with Crippen LogP contribution in [-0.4, -0.2) is 52.3 Å². The number of rotatable bonds is 3. The fourth-order valence-corrected chi connectivity index (χ4v) is 4.50. The highest BCUT2D eigenvalue weighted by Gasteiger charge is 2.41. The summed E-state index contributed by atoms with van der Waals surface area (Å²) in [5.74, 6) is 0.166. The zero-order valence-corrected chi connectivity index (χ0v) is 17.2. The predicted octanol–water partition coefficient (Wildman–Crippen LogP) is 3.81. The normalized spacial score (nSPS) is 21.9. The molecule has 3 aliphatic heterocycles. The van der Waals surface area contributed by atoms with E-state index >= 15 is 0 Å². The number of hydrogen-bond donors (Lipinski definition) is 1. The Kier molecular flexibility index (Phi) is 4.77. The Morgan fingerprint density at radius 3 is 2.75 bits per heavy atom. The third-order valence-electron chi connectivity index (χ3n) is 6.33. The van der Waals surface area contributed by atoms with Crippen molar-refractivity contribution in [3.63, 3.8) is 0 Å². The number of carbonyl (C=O) groups excluding carboxylic acids is 2. The van der Waals surface area contributed by atoms with Crippen molar-refractivity contribution in [3.8, 4) is 0 Å². The number of carbonyl (C=O) groups is 2. The van der Waals surface area contributed by atoms with E-state index in [0.29, 0.717) is 25.2 Å². The zero-order valence-electron chi connectivity index (χ0n) is 17.2. The maximum Gasteiger partial charge on any atom is 0.253 e. The second-order valence-corrected chi connectivity index (χ2v) is 8.55. The van der Waals surface area contributed by atoms with Crippen LogP contribution < -0.4 is 0 Å². The van der Waals surface area contributed by atoms with Crippen molar-refractivity contribution < 1.29 is 9.59 Å². The van der Waals surface area contributed by atoms with E-state index in [-0.39, 0.29) is 23.8 Å². The molecule has 2 atom stereocenters. The molecule has 0 aliphatic carbocycles. The van der Waals surface area contributed by atoms with Gasteiger partial charge in [-0.25, -0.2) is 0 Å². The van der Waals surface area contributed by atoms with Gasteiger partial charge in [-0.05, 0) is 64.3 Å². The van der Waals surface area contributed by atoms with Crippen molar-refractivity contribution in [2.24, 2.45) is 5.92 Å². The van der Waals surface area contributed by atoms with Crippen LogP contribution in [0.1, 0.15) is 48.3 Å². The van der Waals surface area contributed by atoms with Crippen molar-refractivity contribution >= 4 is 22.7 Å². The molecule has 1 N–H and O–H groups in total. The van der Waals surface area contributed by atoms with Gasteiger partial charge in [0.05, 0.1) is 5.92 Å². The van der Waals surface area contributed by atoms with Gasteiger partial charge in [-0.2, -0.15) is 0 Å². The first-order chi connectivity index (χ1) is 13.3. The van der Waals surface area contributed by atoms with Gasteiger partial charge in [-0.15, -0.1) is 0 Å². The predicted molar refractivity (Wildman–Crippen MR) is 111 cm³/mol. The molecule has 0 saturated carbocycles. The zero-order chi connectivity index (χ0) is 20.0. The summed E-state index contributed by atoms with van der Waals surface area (Å²) in [6.07, 6.45) is 3.97. The minimum Gasteiger partial charge on any atom is -0.358 e. The molecule has 5 nitrogen and oxygen atoms in total. The van der Waals surface area contributed by atoms with E-state index in [1.807, 2.05) is 28.0 Å². The van der Waals surface area contributed by atoms with E-state index in [2.05, 4.69) is 38.8 Å². The van der Waals surface area contributed by atoms with Crippen LogP contribution in [0, 0.1) is 19.8 Å². The van der Waals surface area contributed by atoms with Gasteiger partial charge >= 0.3 is 0 Å².